The van der Waals surface area contributed by atoms with E-state index in [0.29, 0.717) is 18.7 Å². The summed E-state index contributed by atoms with van der Waals surface area (Å²) >= 11 is 0. The summed E-state index contributed by atoms with van der Waals surface area (Å²) in [5, 5.41) is 6.09. The average molecular weight is 430 g/mol. The lowest BCUT2D eigenvalue weighted by atomic mass is 9.93. The van der Waals surface area contributed by atoms with Crippen molar-refractivity contribution >= 4 is 18.1 Å². The second kappa shape index (κ2) is 13.1. The van der Waals surface area contributed by atoms with Crippen molar-refractivity contribution in [3.8, 4) is 0 Å². The minimum Gasteiger partial charge on any atom is -0.444 e. The maximum Gasteiger partial charge on any atom is 0.307 e. The number of unbranched alkanes of at least 4 members (excludes halogenated alkanes) is 8. The van der Waals surface area contributed by atoms with Crippen LogP contribution in [0.5, 0.6) is 0 Å². The lowest BCUT2D eigenvalue weighted by molar-refractivity contribution is -0.147. The number of hydrogen-bond donors (Lipinski definition) is 0. The van der Waals surface area contributed by atoms with Crippen molar-refractivity contribution < 1.29 is 14.3 Å². The summed E-state index contributed by atoms with van der Waals surface area (Å²) in [7, 11) is 0. The molecule has 31 heavy (non-hydrogen) atoms. The third-order valence-electron chi connectivity index (χ3n) is 5.78. The molecular weight excluding hydrogens is 390 g/mol. The van der Waals surface area contributed by atoms with Gasteiger partial charge in [0.05, 0.1) is 0 Å². The highest BCUT2D eigenvalue weighted by Crippen LogP contribution is 2.23. The van der Waals surface area contributed by atoms with E-state index >= 15 is 0 Å². The summed E-state index contributed by atoms with van der Waals surface area (Å²) in [4.78, 5) is 26.7. The molecule has 0 N–H and O–H groups in total. The van der Waals surface area contributed by atoms with Gasteiger partial charge in [-0.05, 0) is 20.3 Å². The molecule has 2 rings (SSSR count). The van der Waals surface area contributed by atoms with E-state index in [1.807, 2.05) is 44.2 Å². The molecule has 1 heterocycles. The van der Waals surface area contributed by atoms with Gasteiger partial charge in [-0.15, -0.1) is 0 Å². The van der Waals surface area contributed by atoms with E-state index in [-0.39, 0.29) is 18.5 Å². The molecule has 0 bridgehead atoms. The Morgan fingerprint density at radius 1 is 0.968 bits per heavy atom. The van der Waals surface area contributed by atoms with Crippen LogP contribution in [0.1, 0.15) is 95.3 Å². The Labute approximate surface area is 187 Å². The highest BCUT2D eigenvalue weighted by atomic mass is 16.5. The second-order valence-corrected chi connectivity index (χ2v) is 8.84. The highest BCUT2D eigenvalue weighted by molar-refractivity contribution is 6.02. The van der Waals surface area contributed by atoms with E-state index < -0.39 is 5.54 Å². The largest absolute Gasteiger partial charge is 0.444 e. The summed E-state index contributed by atoms with van der Waals surface area (Å²) in [6.07, 6.45) is 13.1. The Balaban J connectivity index is 1.60. The van der Waals surface area contributed by atoms with Crippen LogP contribution in [0, 0.1) is 0 Å². The number of hydrogen-bond acceptors (Lipinski definition) is 6. The zero-order valence-corrected chi connectivity index (χ0v) is 19.5. The number of carbonyl (C=O) groups excluding carboxylic acids is 2. The van der Waals surface area contributed by atoms with E-state index in [0.717, 1.165) is 12.8 Å². The Bertz CT molecular complexity index is 703. The third-order valence-corrected chi connectivity index (χ3v) is 5.78. The van der Waals surface area contributed by atoms with Crippen molar-refractivity contribution in [3.63, 3.8) is 0 Å². The van der Waals surface area contributed by atoms with Crippen molar-refractivity contribution in [1.29, 1.82) is 0 Å². The summed E-state index contributed by atoms with van der Waals surface area (Å²) < 4.78 is 5.39. The summed E-state index contributed by atoms with van der Waals surface area (Å²) in [6.45, 7) is 6.53. The van der Waals surface area contributed by atoms with Gasteiger partial charge in [0.1, 0.15) is 18.5 Å². The van der Waals surface area contributed by atoms with E-state index in [1.54, 1.807) is 16.2 Å². The zero-order chi connectivity index (χ0) is 22.5. The topological polar surface area (TPSA) is 62.2 Å². The van der Waals surface area contributed by atoms with Gasteiger partial charge in [-0.2, -0.15) is 5.10 Å². The molecule has 6 nitrogen and oxygen atoms in total. The molecule has 0 radical (unpaired) electrons. The first-order chi connectivity index (χ1) is 14.9. The fourth-order valence-electron chi connectivity index (χ4n) is 3.64. The zero-order valence-electron chi connectivity index (χ0n) is 19.5. The van der Waals surface area contributed by atoms with E-state index in [4.69, 9.17) is 4.74 Å². The Morgan fingerprint density at radius 2 is 1.58 bits per heavy atom. The normalized spacial score (nSPS) is 13.6. The van der Waals surface area contributed by atoms with Crippen LogP contribution in [0.3, 0.4) is 0 Å². The van der Waals surface area contributed by atoms with Crippen LogP contribution in [0.4, 0.5) is 0 Å². The maximum absolute atomic E-state index is 12.9. The smallest absolute Gasteiger partial charge is 0.307 e. The van der Waals surface area contributed by atoms with Crippen molar-refractivity contribution in [1.82, 2.24) is 9.91 Å². The van der Waals surface area contributed by atoms with Crippen molar-refractivity contribution in [2.45, 2.75) is 90.5 Å². The standard InChI is InChI=1S/C25H39N3O3/c1-4-5-6-7-8-9-10-11-15-18-23(29)31-21-27-19-26-28(20-27)25(2,3)24(30)22-16-13-12-14-17-22/h12-14,16-17,19H,4-11,15,18,20-21H2,1-3H3. The van der Waals surface area contributed by atoms with Crippen LogP contribution >= 0.6 is 0 Å². The number of nitrogens with zero attached hydrogens (tertiary/aromatic N) is 3. The second-order valence-electron chi connectivity index (χ2n) is 8.84. The van der Waals surface area contributed by atoms with E-state index in [1.165, 1.54) is 44.9 Å². The van der Waals surface area contributed by atoms with Gasteiger partial charge in [-0.1, -0.05) is 88.6 Å². The molecule has 1 aromatic carbocycles. The molecule has 0 atom stereocenters. The van der Waals surface area contributed by atoms with E-state index in [9.17, 15) is 9.59 Å². The number of esters is 1. The van der Waals surface area contributed by atoms with Crippen LogP contribution < -0.4 is 0 Å². The van der Waals surface area contributed by atoms with E-state index in [2.05, 4.69) is 12.0 Å². The fourth-order valence-corrected chi connectivity index (χ4v) is 3.64. The van der Waals surface area contributed by atoms with Gasteiger partial charge in [-0.25, -0.2) is 0 Å². The van der Waals surface area contributed by atoms with Gasteiger partial charge in [-0.3, -0.25) is 14.6 Å². The SMILES string of the molecule is CCCCCCCCCCCC(=O)OCN1C=NN(C(C)(C)C(=O)c2ccccc2)C1. The van der Waals surface area contributed by atoms with Crippen molar-refractivity contribution in [2.75, 3.05) is 13.4 Å². The minimum absolute atomic E-state index is 0.00876. The van der Waals surface area contributed by atoms with Gasteiger partial charge in [0.2, 0.25) is 0 Å². The van der Waals surface area contributed by atoms with Gasteiger partial charge >= 0.3 is 5.97 Å². The van der Waals surface area contributed by atoms with Gasteiger partial charge < -0.3 is 9.64 Å². The summed E-state index contributed by atoms with van der Waals surface area (Å²) in [5.41, 5.74) is -0.124. The molecule has 0 spiro atoms. The molecule has 0 fully saturated rings. The van der Waals surface area contributed by atoms with Gasteiger partial charge in [0, 0.05) is 12.0 Å². The first-order valence-corrected chi connectivity index (χ1v) is 11.8. The fraction of sp³-hybridized carbons (Fsp3) is 0.640. The van der Waals surface area contributed by atoms with Crippen molar-refractivity contribution in [3.05, 3.63) is 35.9 Å². The molecule has 6 heteroatoms. The molecule has 0 unspecified atom stereocenters. The summed E-state index contributed by atoms with van der Waals surface area (Å²) in [6, 6.07) is 9.24. The van der Waals surface area contributed by atoms with Gasteiger partial charge in [0.25, 0.3) is 0 Å². The molecule has 1 aliphatic heterocycles. The molecule has 0 aliphatic carbocycles. The van der Waals surface area contributed by atoms with Crippen LogP contribution in [0.15, 0.2) is 35.4 Å². The van der Waals surface area contributed by atoms with Gasteiger partial charge in [0.15, 0.2) is 12.5 Å². The predicted octanol–water partition coefficient (Wildman–Crippen LogP) is 5.59. The lowest BCUT2D eigenvalue weighted by Crippen LogP contribution is -2.48. The van der Waals surface area contributed by atoms with Crippen LogP contribution in [0.25, 0.3) is 0 Å². The number of benzene rings is 1. The monoisotopic (exact) mass is 429 g/mol. The molecule has 1 aliphatic rings. The number of ether oxygens (including phenoxy) is 1. The molecule has 0 aromatic heterocycles. The van der Waals surface area contributed by atoms with Crippen molar-refractivity contribution in [2.24, 2.45) is 5.10 Å². The predicted molar refractivity (Wildman–Crippen MR) is 125 cm³/mol. The number of ketones is 1. The number of hydrazone groups is 1. The number of Topliss-reactive ketones (excluding diaryl/α,β-unsaturated/α-hetero) is 1. The first-order valence-electron chi connectivity index (χ1n) is 11.8. The first kappa shape index (κ1) is 24.9. The molecule has 0 saturated carbocycles. The number of rotatable bonds is 15. The Hall–Kier alpha value is -2.37. The number of carbonyl (C=O) groups is 2. The quantitative estimate of drug-likeness (QED) is 0.207. The van der Waals surface area contributed by atoms with Crippen LogP contribution in [0.2, 0.25) is 0 Å². The Kier molecular flexibility index (Phi) is 10.5. The molecule has 0 saturated heterocycles. The minimum atomic E-state index is -0.785. The highest BCUT2D eigenvalue weighted by Gasteiger charge is 2.37. The molecule has 0 amide bonds. The third kappa shape index (κ3) is 8.35. The summed E-state index contributed by atoms with van der Waals surface area (Å²) in [5.74, 6) is -0.163. The lowest BCUT2D eigenvalue weighted by Gasteiger charge is -2.33. The molecule has 1 aromatic rings. The van der Waals surface area contributed by atoms with Crippen LogP contribution in [-0.4, -0.2) is 46.9 Å². The average Bonchev–Trinajstić information content (AvgIpc) is 3.26. The molecule has 172 valence electrons. The Morgan fingerprint density at radius 3 is 2.23 bits per heavy atom. The molecular formula is C25H39N3O3. The maximum atomic E-state index is 12.9. The van der Waals surface area contributed by atoms with Crippen LogP contribution in [-0.2, 0) is 9.53 Å².